The maximum atomic E-state index is 13.6. The van der Waals surface area contributed by atoms with Gasteiger partial charge in [-0.3, -0.25) is 0 Å². The Morgan fingerprint density at radius 1 is 0.405 bits per heavy atom. The van der Waals surface area contributed by atoms with E-state index in [0.29, 0.717) is 45.3 Å². The maximum Gasteiger partial charge on any atom is 0.344 e. The van der Waals surface area contributed by atoms with Gasteiger partial charge in [0.15, 0.2) is 0 Å². The summed E-state index contributed by atoms with van der Waals surface area (Å²) in [5.41, 5.74) is 1.72. The number of hydrogen-bond acceptors (Lipinski definition) is 6. The van der Waals surface area contributed by atoms with Crippen LogP contribution in [0.5, 0.6) is 23.0 Å². The first kappa shape index (κ1) is 26.6. The van der Waals surface area contributed by atoms with Crippen LogP contribution in [-0.2, 0) is 0 Å². The van der Waals surface area contributed by atoms with Crippen molar-refractivity contribution >= 4 is 33.5 Å². The molecule has 0 radical (unpaired) electrons. The number of rotatable bonds is 7. The molecule has 0 saturated carbocycles. The van der Waals surface area contributed by atoms with Crippen LogP contribution in [-0.4, -0.2) is 26.2 Å². The summed E-state index contributed by atoms with van der Waals surface area (Å²) in [5.74, 6) is 1.08. The van der Waals surface area contributed by atoms with Crippen molar-refractivity contribution in [1.29, 1.82) is 0 Å². The van der Waals surface area contributed by atoms with Crippen LogP contribution in [0.1, 0.15) is 20.7 Å². The van der Waals surface area contributed by atoms with E-state index in [4.69, 9.17) is 18.9 Å². The van der Waals surface area contributed by atoms with Gasteiger partial charge in [0.05, 0.1) is 25.3 Å². The van der Waals surface area contributed by atoms with Gasteiger partial charge in [0.2, 0.25) is 0 Å². The van der Waals surface area contributed by atoms with E-state index in [0.717, 1.165) is 21.5 Å². The molecule has 6 heteroatoms. The van der Waals surface area contributed by atoms with Gasteiger partial charge in [-0.2, -0.15) is 0 Å². The lowest BCUT2D eigenvalue weighted by Gasteiger charge is -2.15. The number of benzene rings is 6. The van der Waals surface area contributed by atoms with E-state index < -0.39 is 11.9 Å². The van der Waals surface area contributed by atoms with E-state index in [1.54, 1.807) is 62.8 Å². The molecule has 0 spiro atoms. The van der Waals surface area contributed by atoms with Gasteiger partial charge in [-0.15, -0.1) is 0 Å². The minimum absolute atomic E-state index is 0.313. The monoisotopic (exact) mass is 554 g/mol. The molecule has 0 N–H and O–H groups in total. The molecule has 0 amide bonds. The smallest absolute Gasteiger partial charge is 0.344 e. The van der Waals surface area contributed by atoms with Crippen LogP contribution < -0.4 is 18.9 Å². The Morgan fingerprint density at radius 3 is 1.12 bits per heavy atom. The Balaban J connectivity index is 1.35. The number of carbonyl (C=O) groups excluding carboxylic acids is 2. The molecule has 0 aromatic heterocycles. The summed E-state index contributed by atoms with van der Waals surface area (Å²) in [5, 5.41) is 3.16. The third kappa shape index (κ3) is 4.90. The minimum Gasteiger partial charge on any atom is -0.496 e. The molecular weight excluding hydrogens is 528 g/mol. The third-order valence-electron chi connectivity index (χ3n) is 7.11. The van der Waals surface area contributed by atoms with E-state index in [2.05, 4.69) is 0 Å². The molecule has 42 heavy (non-hydrogen) atoms. The molecule has 0 aliphatic rings. The fraction of sp³-hybridized carbons (Fsp3) is 0.0556. The third-order valence-corrected chi connectivity index (χ3v) is 7.11. The molecular formula is C36H26O6. The average Bonchev–Trinajstić information content (AvgIpc) is 3.04. The predicted molar refractivity (Wildman–Crippen MR) is 163 cm³/mol. The first-order chi connectivity index (χ1) is 20.6. The topological polar surface area (TPSA) is 71.1 Å². The lowest BCUT2D eigenvalue weighted by Crippen LogP contribution is -2.13. The van der Waals surface area contributed by atoms with Crippen molar-refractivity contribution in [3.05, 3.63) is 132 Å². The summed E-state index contributed by atoms with van der Waals surface area (Å²) < 4.78 is 22.8. The van der Waals surface area contributed by atoms with Gasteiger partial charge in [0, 0.05) is 21.5 Å². The molecule has 0 heterocycles. The minimum atomic E-state index is -0.551. The molecule has 0 unspecified atom stereocenters. The largest absolute Gasteiger partial charge is 0.496 e. The Bertz CT molecular complexity index is 1820. The molecule has 0 atom stereocenters. The summed E-state index contributed by atoms with van der Waals surface area (Å²) in [6.07, 6.45) is 0. The number of carbonyl (C=O) groups is 2. The second-order valence-corrected chi connectivity index (χ2v) is 9.49. The van der Waals surface area contributed by atoms with Gasteiger partial charge in [-0.05, 0) is 47.5 Å². The number of esters is 2. The molecule has 0 saturated heterocycles. The second-order valence-electron chi connectivity index (χ2n) is 9.49. The molecule has 6 aromatic rings. The molecule has 6 rings (SSSR count). The van der Waals surface area contributed by atoms with Crippen LogP contribution in [0.3, 0.4) is 0 Å². The Hall–Kier alpha value is -5.62. The zero-order valence-corrected chi connectivity index (χ0v) is 23.0. The van der Waals surface area contributed by atoms with E-state index in [1.807, 2.05) is 72.8 Å². The van der Waals surface area contributed by atoms with Crippen molar-refractivity contribution in [2.24, 2.45) is 0 Å². The summed E-state index contributed by atoms with van der Waals surface area (Å²) in [4.78, 5) is 27.2. The molecule has 0 aliphatic carbocycles. The second kappa shape index (κ2) is 11.5. The van der Waals surface area contributed by atoms with Crippen molar-refractivity contribution in [3.63, 3.8) is 0 Å². The molecule has 6 aromatic carbocycles. The van der Waals surface area contributed by atoms with Crippen LogP contribution in [0.25, 0.3) is 32.7 Å². The Morgan fingerprint density at radius 2 is 0.738 bits per heavy atom. The van der Waals surface area contributed by atoms with Gasteiger partial charge in [-0.25, -0.2) is 9.59 Å². The predicted octanol–water partition coefficient (Wildman–Crippen LogP) is 8.12. The number of methoxy groups -OCH3 is 2. The molecule has 0 fully saturated rings. The quantitative estimate of drug-likeness (QED) is 0.147. The fourth-order valence-electron chi connectivity index (χ4n) is 5.14. The first-order valence-corrected chi connectivity index (χ1v) is 13.3. The molecule has 0 bridgehead atoms. The lowest BCUT2D eigenvalue weighted by molar-refractivity contribution is 0.0726. The fourth-order valence-corrected chi connectivity index (χ4v) is 5.14. The van der Waals surface area contributed by atoms with Gasteiger partial charge < -0.3 is 18.9 Å². The molecule has 0 aliphatic heterocycles. The van der Waals surface area contributed by atoms with Gasteiger partial charge >= 0.3 is 11.9 Å². The summed E-state index contributed by atoms with van der Waals surface area (Å²) in [6, 6.07) is 36.2. The summed E-state index contributed by atoms with van der Waals surface area (Å²) in [6.45, 7) is 0. The van der Waals surface area contributed by atoms with Crippen LogP contribution in [0.4, 0.5) is 0 Å². The number of ether oxygens (including phenoxy) is 4. The Labute approximate surface area is 242 Å². The highest BCUT2D eigenvalue weighted by Gasteiger charge is 2.22. The van der Waals surface area contributed by atoms with E-state index in [1.165, 1.54) is 0 Å². The highest BCUT2D eigenvalue weighted by atomic mass is 16.5. The molecule has 206 valence electrons. The van der Waals surface area contributed by atoms with Crippen molar-refractivity contribution in [1.82, 2.24) is 0 Å². The molecule has 6 nitrogen and oxygen atoms in total. The van der Waals surface area contributed by atoms with Crippen molar-refractivity contribution in [2.45, 2.75) is 0 Å². The van der Waals surface area contributed by atoms with Crippen LogP contribution in [0, 0.1) is 0 Å². The zero-order chi connectivity index (χ0) is 29.1. The highest BCUT2D eigenvalue weighted by molar-refractivity contribution is 6.06. The standard InChI is InChI=1S/C36H26O6/c1-39-31-19-7-17-27-25(31)15-9-21-33(27)41-35(37)29-13-5-3-11-23(29)24-12-4-6-14-30(24)36(38)42-34-22-10-16-26-28(34)18-8-20-32(26)40-2/h3-22H,1-2H3. The van der Waals surface area contributed by atoms with Crippen LogP contribution >= 0.6 is 0 Å². The lowest BCUT2D eigenvalue weighted by atomic mass is 9.95. The van der Waals surface area contributed by atoms with Crippen LogP contribution in [0.2, 0.25) is 0 Å². The van der Waals surface area contributed by atoms with Crippen LogP contribution in [0.15, 0.2) is 121 Å². The maximum absolute atomic E-state index is 13.6. The van der Waals surface area contributed by atoms with Gasteiger partial charge in [0.1, 0.15) is 23.0 Å². The normalized spacial score (nSPS) is 10.8. The Kier molecular flexibility index (Phi) is 7.26. The highest BCUT2D eigenvalue weighted by Crippen LogP contribution is 2.35. The number of fused-ring (bicyclic) bond motifs is 2. The van der Waals surface area contributed by atoms with Gasteiger partial charge in [0.25, 0.3) is 0 Å². The summed E-state index contributed by atoms with van der Waals surface area (Å²) >= 11 is 0. The van der Waals surface area contributed by atoms with E-state index in [-0.39, 0.29) is 0 Å². The summed E-state index contributed by atoms with van der Waals surface area (Å²) in [7, 11) is 3.20. The van der Waals surface area contributed by atoms with Crippen molar-refractivity contribution in [2.75, 3.05) is 14.2 Å². The van der Waals surface area contributed by atoms with E-state index >= 15 is 0 Å². The van der Waals surface area contributed by atoms with E-state index in [9.17, 15) is 9.59 Å². The first-order valence-electron chi connectivity index (χ1n) is 13.3. The van der Waals surface area contributed by atoms with Crippen molar-refractivity contribution in [3.8, 4) is 34.1 Å². The van der Waals surface area contributed by atoms with Gasteiger partial charge in [-0.1, -0.05) is 84.9 Å². The SMILES string of the molecule is COc1cccc2c(OC(=O)c3ccccc3-c3ccccc3C(=O)Oc3cccc4c(OC)cccc34)cccc12. The van der Waals surface area contributed by atoms with Crippen molar-refractivity contribution < 1.29 is 28.5 Å². The zero-order valence-electron chi connectivity index (χ0n) is 23.0. The number of hydrogen-bond donors (Lipinski definition) is 0. The average molecular weight is 555 g/mol.